The number of nitrogens with two attached hydrogens (primary N) is 1. The lowest BCUT2D eigenvalue weighted by molar-refractivity contribution is -0.137. The zero-order valence-corrected chi connectivity index (χ0v) is 31.3. The van der Waals surface area contributed by atoms with Crippen molar-refractivity contribution >= 4 is 23.1 Å². The summed E-state index contributed by atoms with van der Waals surface area (Å²) in [6.45, 7) is 22.9. The number of thiazole rings is 1. The van der Waals surface area contributed by atoms with E-state index in [1.807, 2.05) is 18.3 Å². The first-order valence-corrected chi connectivity index (χ1v) is 17.9. The SMILES string of the molecule is CN1CCC(O)(C#Cc2cc(COc3cc(-c4cnc(C5CCN(C(C)(C)C)CC5)s4)cnc3N)c(C(C)(C)C)c(C(C)(C)C)c2)C1=O. The van der Waals surface area contributed by atoms with Gasteiger partial charge in [0.25, 0.3) is 5.91 Å². The minimum absolute atomic E-state index is 0.191. The Morgan fingerprint density at radius 1 is 1.00 bits per heavy atom. The van der Waals surface area contributed by atoms with Gasteiger partial charge in [-0.25, -0.2) is 9.97 Å². The number of hydrogen-bond donors (Lipinski definition) is 2. The first-order chi connectivity index (χ1) is 22.3. The molecule has 1 atom stereocenters. The smallest absolute Gasteiger partial charge is 0.267 e. The minimum Gasteiger partial charge on any atom is -0.485 e. The van der Waals surface area contributed by atoms with E-state index < -0.39 is 5.60 Å². The minimum atomic E-state index is -1.67. The summed E-state index contributed by atoms with van der Waals surface area (Å²) in [6, 6.07) is 6.07. The largest absolute Gasteiger partial charge is 0.485 e. The number of piperidine rings is 1. The number of rotatable bonds is 5. The number of nitrogen functional groups attached to an aromatic ring is 1. The van der Waals surface area contributed by atoms with Gasteiger partial charge in [-0.1, -0.05) is 53.4 Å². The average molecular weight is 672 g/mol. The van der Waals surface area contributed by atoms with Gasteiger partial charge < -0.3 is 20.5 Å². The molecule has 5 rings (SSSR count). The number of nitrogens with zero attached hydrogens (tertiary/aromatic N) is 4. The van der Waals surface area contributed by atoms with Crippen molar-refractivity contribution in [3.05, 3.63) is 57.9 Å². The molecule has 1 amide bonds. The molecule has 2 saturated heterocycles. The van der Waals surface area contributed by atoms with Gasteiger partial charge >= 0.3 is 0 Å². The van der Waals surface area contributed by atoms with Gasteiger partial charge in [-0.15, -0.1) is 11.3 Å². The van der Waals surface area contributed by atoms with Crippen LogP contribution in [-0.2, 0) is 22.2 Å². The molecule has 4 heterocycles. The maximum Gasteiger partial charge on any atom is 0.267 e. The van der Waals surface area contributed by atoms with Crippen molar-refractivity contribution in [1.82, 2.24) is 19.8 Å². The van der Waals surface area contributed by atoms with Crippen LogP contribution in [0.1, 0.15) is 115 Å². The zero-order valence-electron chi connectivity index (χ0n) is 30.5. The van der Waals surface area contributed by atoms with Crippen molar-refractivity contribution in [3.63, 3.8) is 0 Å². The third kappa shape index (κ3) is 7.72. The number of carbonyl (C=O) groups is 1. The second kappa shape index (κ2) is 13.1. The van der Waals surface area contributed by atoms with Crippen LogP contribution in [0.3, 0.4) is 0 Å². The lowest BCUT2D eigenvalue weighted by Crippen LogP contribution is -2.45. The predicted molar refractivity (Wildman–Crippen MR) is 195 cm³/mol. The third-order valence-electron chi connectivity index (χ3n) is 9.57. The van der Waals surface area contributed by atoms with E-state index in [9.17, 15) is 9.90 Å². The maximum atomic E-state index is 12.6. The molecule has 0 spiro atoms. The Balaban J connectivity index is 1.43. The number of likely N-dealkylation sites (N-methyl/N-ethyl adjacent to an activating group) is 1. The number of anilines is 1. The van der Waals surface area contributed by atoms with Crippen LogP contribution >= 0.6 is 11.3 Å². The molecule has 1 aromatic carbocycles. The van der Waals surface area contributed by atoms with Crippen LogP contribution in [0.2, 0.25) is 0 Å². The summed E-state index contributed by atoms with van der Waals surface area (Å²) in [7, 11) is 1.69. The van der Waals surface area contributed by atoms with E-state index in [0.717, 1.165) is 53.1 Å². The van der Waals surface area contributed by atoms with E-state index in [1.165, 1.54) is 15.5 Å². The molecule has 0 radical (unpaired) electrons. The maximum absolute atomic E-state index is 12.6. The molecule has 2 aliphatic rings. The number of aromatic nitrogens is 2. The molecule has 0 bridgehead atoms. The summed E-state index contributed by atoms with van der Waals surface area (Å²) in [4.78, 5) is 27.1. The van der Waals surface area contributed by atoms with E-state index >= 15 is 0 Å². The van der Waals surface area contributed by atoms with Gasteiger partial charge in [-0.2, -0.15) is 0 Å². The highest BCUT2D eigenvalue weighted by Gasteiger charge is 2.42. The summed E-state index contributed by atoms with van der Waals surface area (Å²) in [5.74, 6) is 6.99. The van der Waals surface area contributed by atoms with Crippen LogP contribution in [0.5, 0.6) is 5.75 Å². The summed E-state index contributed by atoms with van der Waals surface area (Å²) in [6.07, 6.45) is 6.26. The number of aliphatic hydroxyl groups is 1. The number of hydrogen-bond acceptors (Lipinski definition) is 8. The second-order valence-corrected chi connectivity index (χ2v) is 17.6. The van der Waals surface area contributed by atoms with Crippen molar-refractivity contribution in [3.8, 4) is 28.0 Å². The highest BCUT2D eigenvalue weighted by Crippen LogP contribution is 2.40. The van der Waals surface area contributed by atoms with Crippen LogP contribution in [0.25, 0.3) is 10.4 Å². The monoisotopic (exact) mass is 671 g/mol. The van der Waals surface area contributed by atoms with Crippen LogP contribution in [0.15, 0.2) is 30.6 Å². The molecule has 9 heteroatoms. The third-order valence-corrected chi connectivity index (χ3v) is 10.8. The lowest BCUT2D eigenvalue weighted by Gasteiger charge is -2.40. The number of benzene rings is 1. The Hall–Kier alpha value is -3.45. The summed E-state index contributed by atoms with van der Waals surface area (Å²) >= 11 is 1.73. The summed E-state index contributed by atoms with van der Waals surface area (Å²) in [5, 5.41) is 12.2. The van der Waals surface area contributed by atoms with Gasteiger partial charge in [0.1, 0.15) is 6.61 Å². The van der Waals surface area contributed by atoms with Crippen molar-refractivity contribution in [1.29, 1.82) is 0 Å². The first-order valence-electron chi connectivity index (χ1n) is 17.0. The molecule has 3 aromatic rings. The number of likely N-dealkylation sites (tertiary alicyclic amines) is 2. The van der Waals surface area contributed by atoms with Crippen LogP contribution < -0.4 is 10.5 Å². The number of ether oxygens (including phenoxy) is 1. The average Bonchev–Trinajstić information content (AvgIpc) is 3.60. The van der Waals surface area contributed by atoms with E-state index in [-0.39, 0.29) is 35.3 Å². The zero-order chi connectivity index (χ0) is 35.2. The quantitative estimate of drug-likeness (QED) is 0.285. The molecular formula is C39H53N5O3S. The van der Waals surface area contributed by atoms with Gasteiger partial charge in [0.05, 0.1) is 9.88 Å². The van der Waals surface area contributed by atoms with Crippen molar-refractivity contribution in [2.75, 3.05) is 32.4 Å². The van der Waals surface area contributed by atoms with Crippen molar-refractivity contribution < 1.29 is 14.6 Å². The standard InChI is InChI=1S/C39H53N5O3S/c1-36(2,3)29-20-25(11-14-39(46)15-18-43(10)35(39)45)19-28(32(29)37(4,5)6)24-47-30-21-27(22-41-33(30)40)31-23-42-34(48-31)26-12-16-44(17-13-26)38(7,8)9/h19-23,26,46H,12-13,15-18,24H2,1-10H3,(H2,40,41). The molecule has 0 aliphatic carbocycles. The fourth-order valence-electron chi connectivity index (χ4n) is 6.78. The van der Waals surface area contributed by atoms with E-state index in [1.54, 1.807) is 24.6 Å². The molecule has 258 valence electrons. The molecule has 8 nitrogen and oxygen atoms in total. The van der Waals surface area contributed by atoms with Crippen LogP contribution in [-0.4, -0.2) is 68.6 Å². The number of pyridine rings is 1. The van der Waals surface area contributed by atoms with Crippen LogP contribution in [0.4, 0.5) is 5.82 Å². The fraction of sp³-hybridized carbons (Fsp3) is 0.564. The Bertz CT molecular complexity index is 1720. The first kappa shape index (κ1) is 35.8. The summed E-state index contributed by atoms with van der Waals surface area (Å²) in [5.41, 5.74) is 9.48. The van der Waals surface area contributed by atoms with Gasteiger partial charge in [0.15, 0.2) is 11.6 Å². The van der Waals surface area contributed by atoms with Gasteiger partial charge in [-0.05, 0) is 92.4 Å². The Morgan fingerprint density at radius 2 is 1.69 bits per heavy atom. The predicted octanol–water partition coefficient (Wildman–Crippen LogP) is 6.88. The fourth-order valence-corrected chi connectivity index (χ4v) is 7.85. The molecule has 48 heavy (non-hydrogen) atoms. The van der Waals surface area contributed by atoms with Crippen LogP contribution in [0, 0.1) is 11.8 Å². The highest BCUT2D eigenvalue weighted by atomic mass is 32.1. The van der Waals surface area contributed by atoms with Crippen molar-refractivity contribution in [2.45, 2.75) is 116 Å². The second-order valence-electron chi connectivity index (χ2n) is 16.5. The van der Waals surface area contributed by atoms with Gasteiger partial charge in [0, 0.05) is 55.0 Å². The molecular weight excluding hydrogens is 619 g/mol. The number of carbonyl (C=O) groups excluding carboxylic acids is 1. The molecule has 2 aromatic heterocycles. The van der Waals surface area contributed by atoms with Crippen molar-refractivity contribution in [2.24, 2.45) is 0 Å². The molecule has 0 saturated carbocycles. The Labute approximate surface area is 291 Å². The molecule has 2 aliphatic heterocycles. The van der Waals surface area contributed by atoms with Gasteiger partial charge in [-0.3, -0.25) is 9.69 Å². The van der Waals surface area contributed by atoms with E-state index in [4.69, 9.17) is 15.5 Å². The normalized spacial score (nSPS) is 19.8. The molecule has 2 fully saturated rings. The Kier molecular flexibility index (Phi) is 9.79. The Morgan fingerprint density at radius 3 is 2.27 bits per heavy atom. The lowest BCUT2D eigenvalue weighted by atomic mass is 9.72. The highest BCUT2D eigenvalue weighted by molar-refractivity contribution is 7.15. The molecule has 1 unspecified atom stereocenters. The topological polar surface area (TPSA) is 105 Å². The summed E-state index contributed by atoms with van der Waals surface area (Å²) < 4.78 is 6.47. The van der Waals surface area contributed by atoms with Gasteiger partial charge in [0.2, 0.25) is 5.60 Å². The number of amides is 1. The molecule has 3 N–H and O–H groups in total. The van der Waals surface area contributed by atoms with E-state index in [0.29, 0.717) is 24.0 Å². The van der Waals surface area contributed by atoms with E-state index in [2.05, 4.69) is 90.1 Å².